The van der Waals surface area contributed by atoms with Crippen LogP contribution in [0.2, 0.25) is 0 Å². The number of anilines is 1. The lowest BCUT2D eigenvalue weighted by Crippen LogP contribution is -2.43. The van der Waals surface area contributed by atoms with E-state index in [1.807, 2.05) is 37.0 Å². The molecule has 5 rings (SSSR count). The Hall–Kier alpha value is -2.87. The van der Waals surface area contributed by atoms with Crippen LogP contribution < -0.4 is 15.4 Å². The molecule has 3 N–H and O–H groups in total. The average Bonchev–Trinajstić information content (AvgIpc) is 3.30. The second kappa shape index (κ2) is 10.6. The van der Waals surface area contributed by atoms with E-state index in [2.05, 4.69) is 63.8 Å². The summed E-state index contributed by atoms with van der Waals surface area (Å²) < 4.78 is 1.86. The van der Waals surface area contributed by atoms with E-state index in [-0.39, 0.29) is 0 Å². The molecule has 7 heteroatoms. The lowest BCUT2D eigenvalue weighted by molar-refractivity contribution is 0.589. The van der Waals surface area contributed by atoms with Gasteiger partial charge in [0.1, 0.15) is 0 Å². The normalized spacial score (nSPS) is 13.7. The van der Waals surface area contributed by atoms with Crippen LogP contribution >= 0.6 is 11.9 Å². The van der Waals surface area contributed by atoms with E-state index in [4.69, 9.17) is 10.1 Å². The molecule has 0 unspecified atom stereocenters. The first-order valence-corrected chi connectivity index (χ1v) is 12.2. The van der Waals surface area contributed by atoms with Crippen molar-refractivity contribution in [3.8, 4) is 22.3 Å². The molecule has 0 aliphatic carbocycles. The molecule has 0 bridgehead atoms. The smallest absolute Gasteiger partial charge is 0.162 e. The Morgan fingerprint density at radius 1 is 0.969 bits per heavy atom. The van der Waals surface area contributed by atoms with Gasteiger partial charge in [-0.25, -0.2) is 9.50 Å². The summed E-state index contributed by atoms with van der Waals surface area (Å²) >= 11 is 1.33. The lowest BCUT2D eigenvalue weighted by Gasteiger charge is -2.29. The van der Waals surface area contributed by atoms with Gasteiger partial charge < -0.3 is 10.2 Å². The highest BCUT2D eigenvalue weighted by Gasteiger charge is 2.12. The highest BCUT2D eigenvalue weighted by Crippen LogP contribution is 2.28. The Labute approximate surface area is 194 Å². The first-order valence-electron chi connectivity index (χ1n) is 11.1. The quantitative estimate of drug-likeness (QED) is 0.437. The Morgan fingerprint density at radius 3 is 2.50 bits per heavy atom. The molecule has 1 fully saturated rings. The van der Waals surface area contributed by atoms with Crippen molar-refractivity contribution in [3.63, 3.8) is 0 Å². The fourth-order valence-corrected chi connectivity index (χ4v) is 4.31. The van der Waals surface area contributed by atoms with Crippen LogP contribution in [0, 0.1) is 0 Å². The Morgan fingerprint density at radius 2 is 1.75 bits per heavy atom. The Balaban J connectivity index is 0.00000119. The van der Waals surface area contributed by atoms with Crippen LogP contribution in [0.15, 0.2) is 67.1 Å². The predicted octanol–water partition coefficient (Wildman–Crippen LogP) is 4.61. The molecule has 4 aromatic rings. The molecule has 1 aliphatic heterocycles. The summed E-state index contributed by atoms with van der Waals surface area (Å²) in [5, 5.41) is 13.6. The summed E-state index contributed by atoms with van der Waals surface area (Å²) in [6.07, 6.45) is 5.86. The van der Waals surface area contributed by atoms with E-state index < -0.39 is 0 Å². The van der Waals surface area contributed by atoms with Crippen molar-refractivity contribution in [1.82, 2.24) is 19.9 Å². The van der Waals surface area contributed by atoms with Gasteiger partial charge in [0.2, 0.25) is 0 Å². The number of benzene rings is 2. The van der Waals surface area contributed by atoms with Gasteiger partial charge in [0.05, 0.1) is 6.20 Å². The monoisotopic (exact) mass is 446 g/mol. The first kappa shape index (κ1) is 22.3. The third-order valence-electron chi connectivity index (χ3n) is 5.53. The number of nitrogens with zero attached hydrogens (tertiary/aromatic N) is 4. The molecular formula is C25H30N6S. The third-order valence-corrected chi connectivity index (χ3v) is 6.03. The highest BCUT2D eigenvalue weighted by molar-refractivity contribution is 7.96. The standard InChI is InChI=1S/C23H24N6S.C2H6/c24-30-16-17-2-1-3-19(12-17)22-14-27-29-15-20(13-26-23(22)29)18-4-6-21(7-5-18)28-10-8-25-9-11-28;1-2/h1-7,12-15,25H,8-11,16,24H2;1-2H3. The van der Waals surface area contributed by atoms with Crippen molar-refractivity contribution in [2.75, 3.05) is 31.1 Å². The highest BCUT2D eigenvalue weighted by atomic mass is 32.2. The van der Waals surface area contributed by atoms with Gasteiger partial charge in [0.25, 0.3) is 0 Å². The number of rotatable bonds is 5. The summed E-state index contributed by atoms with van der Waals surface area (Å²) in [5.74, 6) is 0.786. The minimum absolute atomic E-state index is 0.786. The molecule has 2 aromatic carbocycles. The zero-order chi connectivity index (χ0) is 22.3. The van der Waals surface area contributed by atoms with Crippen LogP contribution in [-0.4, -0.2) is 40.8 Å². The molecular weight excluding hydrogens is 416 g/mol. The maximum absolute atomic E-state index is 5.63. The molecule has 166 valence electrons. The van der Waals surface area contributed by atoms with Gasteiger partial charge in [-0.15, -0.1) is 0 Å². The van der Waals surface area contributed by atoms with Gasteiger partial charge >= 0.3 is 0 Å². The Kier molecular flexibility index (Phi) is 7.42. The molecule has 1 aliphatic rings. The molecule has 32 heavy (non-hydrogen) atoms. The maximum Gasteiger partial charge on any atom is 0.162 e. The SMILES string of the molecule is CC.NSCc1cccc(-c2cnn3cc(-c4ccc(N5CCNCC5)cc4)cnc23)c1. The second-order valence-corrected chi connectivity index (χ2v) is 8.09. The van der Waals surface area contributed by atoms with Crippen LogP contribution in [-0.2, 0) is 5.75 Å². The summed E-state index contributed by atoms with van der Waals surface area (Å²) in [6, 6.07) is 17.1. The van der Waals surface area contributed by atoms with Gasteiger partial charge in [0, 0.05) is 61.1 Å². The summed E-state index contributed by atoms with van der Waals surface area (Å²) in [7, 11) is 0. The molecule has 1 saturated heterocycles. The van der Waals surface area contributed by atoms with Crippen LogP contribution in [0.4, 0.5) is 5.69 Å². The summed E-state index contributed by atoms with van der Waals surface area (Å²) in [6.45, 7) is 8.18. The van der Waals surface area contributed by atoms with Crippen LogP contribution in [0.1, 0.15) is 19.4 Å². The average molecular weight is 447 g/mol. The number of piperazine rings is 1. The number of nitrogens with two attached hydrogens (primary N) is 1. The molecule has 6 nitrogen and oxygen atoms in total. The fraction of sp³-hybridized carbons (Fsp3) is 0.280. The number of hydrogen-bond acceptors (Lipinski definition) is 6. The van der Waals surface area contributed by atoms with E-state index in [1.165, 1.54) is 23.2 Å². The Bertz CT molecular complexity index is 1150. The molecule has 0 spiro atoms. The van der Waals surface area contributed by atoms with Crippen LogP contribution in [0.5, 0.6) is 0 Å². The molecule has 0 radical (unpaired) electrons. The van der Waals surface area contributed by atoms with Crippen molar-refractivity contribution < 1.29 is 0 Å². The number of aromatic nitrogens is 3. The van der Waals surface area contributed by atoms with Gasteiger partial charge in [-0.05, 0) is 28.8 Å². The summed E-state index contributed by atoms with van der Waals surface area (Å²) in [5.41, 5.74) is 7.65. The zero-order valence-corrected chi connectivity index (χ0v) is 19.5. The fourth-order valence-electron chi connectivity index (χ4n) is 3.94. The van der Waals surface area contributed by atoms with Crippen molar-refractivity contribution in [2.45, 2.75) is 19.6 Å². The van der Waals surface area contributed by atoms with E-state index in [9.17, 15) is 0 Å². The number of hydrogen-bond donors (Lipinski definition) is 2. The maximum atomic E-state index is 5.63. The molecule has 2 aromatic heterocycles. The van der Waals surface area contributed by atoms with Crippen molar-refractivity contribution in [1.29, 1.82) is 0 Å². The molecule has 0 amide bonds. The van der Waals surface area contributed by atoms with Crippen molar-refractivity contribution in [3.05, 3.63) is 72.7 Å². The van der Waals surface area contributed by atoms with E-state index in [1.54, 1.807) is 0 Å². The third kappa shape index (κ3) is 4.80. The second-order valence-electron chi connectivity index (χ2n) is 7.46. The predicted molar refractivity (Wildman–Crippen MR) is 136 cm³/mol. The molecule has 0 saturated carbocycles. The lowest BCUT2D eigenvalue weighted by atomic mass is 10.1. The largest absolute Gasteiger partial charge is 0.369 e. The zero-order valence-electron chi connectivity index (χ0n) is 18.7. The minimum Gasteiger partial charge on any atom is -0.369 e. The van der Waals surface area contributed by atoms with E-state index in [0.717, 1.165) is 59.8 Å². The van der Waals surface area contributed by atoms with Gasteiger partial charge in [-0.3, -0.25) is 5.14 Å². The molecule has 3 heterocycles. The first-order chi connectivity index (χ1) is 15.8. The minimum atomic E-state index is 0.786. The molecule has 0 atom stereocenters. The van der Waals surface area contributed by atoms with Gasteiger partial charge in [0.15, 0.2) is 5.65 Å². The topological polar surface area (TPSA) is 71.5 Å². The van der Waals surface area contributed by atoms with Crippen LogP contribution in [0.25, 0.3) is 27.9 Å². The summed E-state index contributed by atoms with van der Waals surface area (Å²) in [4.78, 5) is 7.15. The number of fused-ring (bicyclic) bond motifs is 1. The van der Waals surface area contributed by atoms with E-state index in [0.29, 0.717) is 0 Å². The van der Waals surface area contributed by atoms with E-state index >= 15 is 0 Å². The van der Waals surface area contributed by atoms with Crippen LogP contribution in [0.3, 0.4) is 0 Å². The number of nitrogens with one attached hydrogen (secondary N) is 1. The van der Waals surface area contributed by atoms with Gasteiger partial charge in [-0.2, -0.15) is 5.10 Å². The van der Waals surface area contributed by atoms with Gasteiger partial charge in [-0.1, -0.05) is 62.2 Å². The van der Waals surface area contributed by atoms with Crippen molar-refractivity contribution in [2.24, 2.45) is 5.14 Å². The van der Waals surface area contributed by atoms with Crippen molar-refractivity contribution >= 4 is 23.3 Å².